The molecule has 29 heavy (non-hydrogen) atoms. The van der Waals surface area contributed by atoms with Crippen LogP contribution in [0.4, 0.5) is 5.69 Å². The van der Waals surface area contributed by atoms with Crippen LogP contribution in [-0.4, -0.2) is 35.3 Å². The van der Waals surface area contributed by atoms with Gasteiger partial charge in [0.1, 0.15) is 6.61 Å². The van der Waals surface area contributed by atoms with Gasteiger partial charge in [-0.05, 0) is 35.9 Å². The van der Waals surface area contributed by atoms with Crippen LogP contribution in [0.5, 0.6) is 11.5 Å². The van der Waals surface area contributed by atoms with Crippen molar-refractivity contribution in [1.82, 2.24) is 14.6 Å². The van der Waals surface area contributed by atoms with Crippen LogP contribution >= 0.6 is 11.3 Å². The van der Waals surface area contributed by atoms with E-state index in [-0.39, 0.29) is 5.56 Å². The van der Waals surface area contributed by atoms with Gasteiger partial charge in [0.25, 0.3) is 5.56 Å². The monoisotopic (exact) mass is 406 g/mol. The van der Waals surface area contributed by atoms with E-state index in [0.717, 1.165) is 11.3 Å². The van der Waals surface area contributed by atoms with Crippen LogP contribution in [0.15, 0.2) is 53.3 Å². The van der Waals surface area contributed by atoms with Crippen molar-refractivity contribution in [3.63, 3.8) is 0 Å². The highest BCUT2D eigenvalue weighted by molar-refractivity contribution is 7.15. The number of rotatable bonds is 3. The molecule has 146 valence electrons. The average Bonchev–Trinajstić information content (AvgIpc) is 3.28. The molecule has 0 amide bonds. The Morgan fingerprint density at radius 1 is 1.14 bits per heavy atom. The molecule has 3 heterocycles. The van der Waals surface area contributed by atoms with Gasteiger partial charge in [0.15, 0.2) is 23.4 Å². The fraction of sp³-hybridized carbons (Fsp3) is 0.190. The molecule has 0 aliphatic carbocycles. The Balaban J connectivity index is 1.45. The van der Waals surface area contributed by atoms with E-state index in [2.05, 4.69) is 10.1 Å². The molecule has 0 bridgehead atoms. The van der Waals surface area contributed by atoms with Crippen LogP contribution in [0.3, 0.4) is 0 Å². The Kier molecular flexibility index (Phi) is 4.21. The first-order chi connectivity index (χ1) is 14.1. The van der Waals surface area contributed by atoms with Gasteiger partial charge in [-0.2, -0.15) is 9.50 Å². The zero-order valence-corrected chi connectivity index (χ0v) is 16.7. The number of nitrogens with zero attached hydrogens (tertiary/aromatic N) is 4. The topological polar surface area (TPSA) is 69.0 Å². The third kappa shape index (κ3) is 3.21. The van der Waals surface area contributed by atoms with Crippen LogP contribution in [0.1, 0.15) is 17.5 Å². The number of hydrogen-bond acceptors (Lipinski definition) is 7. The van der Waals surface area contributed by atoms with Crippen LogP contribution in [0.25, 0.3) is 11.0 Å². The Hall–Kier alpha value is -3.39. The molecule has 1 aliphatic heterocycles. The average molecular weight is 406 g/mol. The van der Waals surface area contributed by atoms with Crippen molar-refractivity contribution in [3.05, 3.63) is 74.8 Å². The lowest BCUT2D eigenvalue weighted by atomic mass is 10.2. The van der Waals surface area contributed by atoms with Gasteiger partial charge in [-0.25, -0.2) is 0 Å². The third-order valence-corrected chi connectivity index (χ3v) is 5.66. The minimum Gasteiger partial charge on any atom is -0.485 e. The normalized spacial score (nSPS) is 16.3. The Labute approximate surface area is 170 Å². The van der Waals surface area contributed by atoms with Crippen molar-refractivity contribution < 1.29 is 9.47 Å². The zero-order valence-electron chi connectivity index (χ0n) is 15.9. The lowest BCUT2D eigenvalue weighted by molar-refractivity contribution is 0.0852. The molecule has 5 rings (SSSR count). The first-order valence-electron chi connectivity index (χ1n) is 9.15. The zero-order chi connectivity index (χ0) is 20.0. The summed E-state index contributed by atoms with van der Waals surface area (Å²) in [4.78, 5) is 19.8. The molecule has 0 radical (unpaired) electrons. The summed E-state index contributed by atoms with van der Waals surface area (Å²) in [6.45, 7) is 0.306. The fourth-order valence-electron chi connectivity index (χ4n) is 3.15. The minimum absolute atomic E-state index is 0.183. The molecular weight excluding hydrogens is 388 g/mol. The quantitative estimate of drug-likeness (QED) is 0.520. The second-order valence-electron chi connectivity index (χ2n) is 6.93. The van der Waals surface area contributed by atoms with Crippen LogP contribution in [0.2, 0.25) is 0 Å². The number of para-hydroxylation sites is 2. The summed E-state index contributed by atoms with van der Waals surface area (Å²) in [6, 6.07) is 15.5. The van der Waals surface area contributed by atoms with Gasteiger partial charge in [0.2, 0.25) is 4.96 Å². The number of thiazole rings is 1. The third-order valence-electron chi connectivity index (χ3n) is 4.70. The van der Waals surface area contributed by atoms with Crippen molar-refractivity contribution in [2.75, 3.05) is 25.6 Å². The highest BCUT2D eigenvalue weighted by Gasteiger charge is 2.27. The number of hydrogen-bond donors (Lipinski definition) is 0. The highest BCUT2D eigenvalue weighted by Crippen LogP contribution is 2.35. The molecule has 7 nitrogen and oxygen atoms in total. The SMILES string of the molecule is CN(C)c1ccc(/C=c2/sc3nc(C4COc5ccccc5O4)nn3c2=O)cc1. The number of anilines is 1. The second-order valence-corrected chi connectivity index (χ2v) is 7.94. The molecule has 2 aromatic heterocycles. The molecule has 0 N–H and O–H groups in total. The van der Waals surface area contributed by atoms with Gasteiger partial charge in [0, 0.05) is 19.8 Å². The number of aromatic nitrogens is 3. The van der Waals surface area contributed by atoms with Gasteiger partial charge in [-0.3, -0.25) is 4.79 Å². The smallest absolute Gasteiger partial charge is 0.291 e. The summed E-state index contributed by atoms with van der Waals surface area (Å²) < 4.78 is 13.6. The summed E-state index contributed by atoms with van der Waals surface area (Å²) in [6.07, 6.45) is 1.42. The molecule has 1 aliphatic rings. The van der Waals surface area contributed by atoms with Crippen molar-refractivity contribution in [1.29, 1.82) is 0 Å². The van der Waals surface area contributed by atoms with E-state index in [0.29, 0.717) is 33.4 Å². The lowest BCUT2D eigenvalue weighted by Crippen LogP contribution is -2.26. The van der Waals surface area contributed by atoms with Crippen LogP contribution in [0, 0.1) is 0 Å². The summed E-state index contributed by atoms with van der Waals surface area (Å²) in [5, 5.41) is 4.38. The van der Waals surface area contributed by atoms with Gasteiger partial charge >= 0.3 is 0 Å². The molecule has 4 aromatic rings. The van der Waals surface area contributed by atoms with Gasteiger partial charge in [-0.1, -0.05) is 35.6 Å². The summed E-state index contributed by atoms with van der Waals surface area (Å²) in [7, 11) is 3.98. The van der Waals surface area contributed by atoms with Crippen molar-refractivity contribution >= 4 is 28.1 Å². The number of benzene rings is 2. The lowest BCUT2D eigenvalue weighted by Gasteiger charge is -2.24. The molecule has 1 unspecified atom stereocenters. The molecule has 1 atom stereocenters. The summed E-state index contributed by atoms with van der Waals surface area (Å²) in [5.74, 6) is 1.80. The molecule has 0 spiro atoms. The first kappa shape index (κ1) is 17.7. The second kappa shape index (κ2) is 6.89. The molecule has 0 saturated heterocycles. The molecule has 2 aromatic carbocycles. The van der Waals surface area contributed by atoms with Gasteiger partial charge in [0.05, 0.1) is 4.53 Å². The number of fused-ring (bicyclic) bond motifs is 2. The van der Waals surface area contributed by atoms with E-state index in [4.69, 9.17) is 9.47 Å². The Bertz CT molecular complexity index is 1290. The van der Waals surface area contributed by atoms with E-state index in [1.807, 2.05) is 73.6 Å². The predicted octanol–water partition coefficient (Wildman–Crippen LogP) is 2.28. The van der Waals surface area contributed by atoms with Crippen molar-refractivity contribution in [2.24, 2.45) is 0 Å². The van der Waals surface area contributed by atoms with E-state index in [1.54, 1.807) is 0 Å². The van der Waals surface area contributed by atoms with E-state index in [1.165, 1.54) is 15.9 Å². The minimum atomic E-state index is -0.442. The maximum Gasteiger partial charge on any atom is 0.291 e. The van der Waals surface area contributed by atoms with Crippen molar-refractivity contribution in [3.8, 4) is 11.5 Å². The number of ether oxygens (including phenoxy) is 2. The highest BCUT2D eigenvalue weighted by atomic mass is 32.1. The molecule has 0 saturated carbocycles. The fourth-order valence-corrected chi connectivity index (χ4v) is 4.07. The maximum absolute atomic E-state index is 12.8. The Morgan fingerprint density at radius 3 is 2.62 bits per heavy atom. The largest absolute Gasteiger partial charge is 0.485 e. The predicted molar refractivity (Wildman–Crippen MR) is 112 cm³/mol. The maximum atomic E-state index is 12.8. The van der Waals surface area contributed by atoms with Crippen molar-refractivity contribution in [2.45, 2.75) is 6.10 Å². The Morgan fingerprint density at radius 2 is 1.90 bits per heavy atom. The van der Waals surface area contributed by atoms with Gasteiger partial charge in [-0.15, -0.1) is 5.10 Å². The van der Waals surface area contributed by atoms with E-state index >= 15 is 0 Å². The van der Waals surface area contributed by atoms with Gasteiger partial charge < -0.3 is 14.4 Å². The first-order valence-corrected chi connectivity index (χ1v) is 9.97. The van der Waals surface area contributed by atoms with Crippen LogP contribution in [-0.2, 0) is 0 Å². The van der Waals surface area contributed by atoms with Crippen LogP contribution < -0.4 is 24.5 Å². The standard InChI is InChI=1S/C21H18N4O3S/c1-24(2)14-9-7-13(8-10-14)11-18-20(26)25-21(29-18)22-19(23-25)17-12-27-15-5-3-4-6-16(15)28-17/h3-11,17H,12H2,1-2H3/b18-11+. The molecule has 0 fully saturated rings. The summed E-state index contributed by atoms with van der Waals surface area (Å²) in [5.41, 5.74) is 1.88. The molecular formula is C21H18N4O3S. The van der Waals surface area contributed by atoms with E-state index in [9.17, 15) is 4.79 Å². The summed E-state index contributed by atoms with van der Waals surface area (Å²) >= 11 is 1.31. The molecule has 8 heteroatoms. The van der Waals surface area contributed by atoms with E-state index < -0.39 is 6.10 Å².